The van der Waals surface area contributed by atoms with Crippen LogP contribution < -0.4 is 0 Å². The lowest BCUT2D eigenvalue weighted by Gasteiger charge is -2.29. The summed E-state index contributed by atoms with van der Waals surface area (Å²) < 4.78 is 5.42. The maximum atomic E-state index is 12.0. The molecule has 0 spiro atoms. The normalized spacial score (nSPS) is 21.6. The Balaban J connectivity index is 2.54. The molecule has 1 heterocycles. The van der Waals surface area contributed by atoms with Gasteiger partial charge in [-0.1, -0.05) is 13.8 Å². The van der Waals surface area contributed by atoms with E-state index < -0.39 is 0 Å². The second-order valence-corrected chi connectivity index (χ2v) is 6.10. The number of nitrogens with zero attached hydrogens (tertiary/aromatic N) is 1. The largest absolute Gasteiger partial charge is 0.444 e. The smallest absolute Gasteiger partial charge is 0.410 e. The Kier molecular flexibility index (Phi) is 4.22. The van der Waals surface area contributed by atoms with E-state index in [2.05, 4.69) is 13.8 Å². The van der Waals surface area contributed by atoms with Crippen molar-refractivity contribution in [1.82, 2.24) is 4.90 Å². The van der Waals surface area contributed by atoms with Gasteiger partial charge < -0.3 is 9.64 Å². The quantitative estimate of drug-likeness (QED) is 0.723. The van der Waals surface area contributed by atoms with Crippen molar-refractivity contribution >= 4 is 6.09 Å². The predicted octanol–water partition coefficient (Wildman–Crippen LogP) is 3.43. The van der Waals surface area contributed by atoms with Crippen LogP contribution in [0.3, 0.4) is 0 Å². The SMILES string of the molecule is CC(C)C[C@H]1CCCN1C(=O)OC(C)(C)C. The Morgan fingerprint density at radius 3 is 2.56 bits per heavy atom. The van der Waals surface area contributed by atoms with E-state index in [1.54, 1.807) is 0 Å². The van der Waals surface area contributed by atoms with Gasteiger partial charge in [-0.05, 0) is 46.0 Å². The summed E-state index contributed by atoms with van der Waals surface area (Å²) >= 11 is 0. The summed E-state index contributed by atoms with van der Waals surface area (Å²) in [6.07, 6.45) is 3.17. The molecule has 1 aliphatic heterocycles. The van der Waals surface area contributed by atoms with Gasteiger partial charge in [0.05, 0.1) is 0 Å². The van der Waals surface area contributed by atoms with Crippen molar-refractivity contribution in [3.8, 4) is 0 Å². The van der Waals surface area contributed by atoms with Crippen LogP contribution in [0.15, 0.2) is 0 Å². The molecule has 1 saturated heterocycles. The van der Waals surface area contributed by atoms with Crippen molar-refractivity contribution in [3.05, 3.63) is 0 Å². The topological polar surface area (TPSA) is 29.5 Å². The van der Waals surface area contributed by atoms with Crippen LogP contribution in [-0.2, 0) is 4.74 Å². The summed E-state index contributed by atoms with van der Waals surface area (Å²) in [6.45, 7) is 11.0. The average Bonchev–Trinajstić information content (AvgIpc) is 2.47. The standard InChI is InChI=1S/C13H25NO2/c1-10(2)9-11-7-6-8-14(11)12(15)16-13(3,4)5/h10-11H,6-9H2,1-5H3/t11-/m1/s1. The van der Waals surface area contributed by atoms with E-state index in [9.17, 15) is 4.79 Å². The van der Waals surface area contributed by atoms with Gasteiger partial charge in [0.1, 0.15) is 5.60 Å². The van der Waals surface area contributed by atoms with Gasteiger partial charge in [0.2, 0.25) is 0 Å². The van der Waals surface area contributed by atoms with Crippen molar-refractivity contribution in [1.29, 1.82) is 0 Å². The highest BCUT2D eigenvalue weighted by atomic mass is 16.6. The molecule has 0 N–H and O–H groups in total. The van der Waals surface area contributed by atoms with Gasteiger partial charge in [0, 0.05) is 12.6 Å². The van der Waals surface area contributed by atoms with Crippen LogP contribution in [0.5, 0.6) is 0 Å². The fraction of sp³-hybridized carbons (Fsp3) is 0.923. The highest BCUT2D eigenvalue weighted by Crippen LogP contribution is 2.25. The van der Waals surface area contributed by atoms with Crippen molar-refractivity contribution in [2.75, 3.05) is 6.54 Å². The van der Waals surface area contributed by atoms with Gasteiger partial charge >= 0.3 is 6.09 Å². The summed E-state index contributed by atoms with van der Waals surface area (Å²) in [5.74, 6) is 0.632. The molecule has 1 atom stereocenters. The van der Waals surface area contributed by atoms with Crippen molar-refractivity contribution in [3.63, 3.8) is 0 Å². The zero-order chi connectivity index (χ0) is 12.3. The second kappa shape index (κ2) is 5.07. The molecule has 0 aromatic rings. The van der Waals surface area contributed by atoms with Crippen LogP contribution >= 0.6 is 0 Å². The highest BCUT2D eigenvalue weighted by molar-refractivity contribution is 5.68. The number of rotatable bonds is 2. The molecule has 0 unspecified atom stereocenters. The van der Waals surface area contributed by atoms with Gasteiger partial charge in [-0.3, -0.25) is 0 Å². The molecule has 0 radical (unpaired) electrons. The zero-order valence-corrected chi connectivity index (χ0v) is 11.2. The summed E-state index contributed by atoms with van der Waals surface area (Å²) in [5, 5.41) is 0. The lowest BCUT2D eigenvalue weighted by Crippen LogP contribution is -2.40. The van der Waals surface area contributed by atoms with Crippen molar-refractivity contribution in [2.24, 2.45) is 5.92 Å². The van der Waals surface area contributed by atoms with Crippen molar-refractivity contribution in [2.45, 2.75) is 65.5 Å². The van der Waals surface area contributed by atoms with Gasteiger partial charge in [0.25, 0.3) is 0 Å². The monoisotopic (exact) mass is 227 g/mol. The zero-order valence-electron chi connectivity index (χ0n) is 11.2. The first-order valence-electron chi connectivity index (χ1n) is 6.29. The molecule has 1 aliphatic rings. The van der Waals surface area contributed by atoms with E-state index >= 15 is 0 Å². The number of hydrogen-bond donors (Lipinski definition) is 0. The molecule has 0 bridgehead atoms. The molecular weight excluding hydrogens is 202 g/mol. The predicted molar refractivity (Wildman–Crippen MR) is 65.4 cm³/mol. The number of likely N-dealkylation sites (tertiary alicyclic amines) is 1. The van der Waals surface area contributed by atoms with Crippen LogP contribution in [0.25, 0.3) is 0 Å². The first-order chi connectivity index (χ1) is 7.29. The summed E-state index contributed by atoms with van der Waals surface area (Å²) in [4.78, 5) is 13.9. The van der Waals surface area contributed by atoms with Gasteiger partial charge in [-0.15, -0.1) is 0 Å². The van der Waals surface area contributed by atoms with E-state index in [1.807, 2.05) is 25.7 Å². The van der Waals surface area contributed by atoms with Gasteiger partial charge in [-0.25, -0.2) is 4.79 Å². The fourth-order valence-electron chi connectivity index (χ4n) is 2.19. The molecule has 0 aromatic carbocycles. The molecule has 94 valence electrons. The number of amides is 1. The van der Waals surface area contributed by atoms with E-state index in [0.717, 1.165) is 25.8 Å². The molecular formula is C13H25NO2. The third-order valence-electron chi connectivity index (χ3n) is 2.75. The number of carbonyl (C=O) groups excluding carboxylic acids is 1. The third kappa shape index (κ3) is 4.03. The Hall–Kier alpha value is -0.730. The molecule has 3 nitrogen and oxygen atoms in total. The Morgan fingerprint density at radius 1 is 1.44 bits per heavy atom. The lowest BCUT2D eigenvalue weighted by atomic mass is 10.0. The van der Waals surface area contributed by atoms with E-state index in [-0.39, 0.29) is 11.7 Å². The molecule has 1 fully saturated rings. The first kappa shape index (κ1) is 13.3. The lowest BCUT2D eigenvalue weighted by molar-refractivity contribution is 0.0212. The minimum atomic E-state index is -0.387. The van der Waals surface area contributed by atoms with Crippen LogP contribution in [0, 0.1) is 5.92 Å². The Bertz CT molecular complexity index is 243. The van der Waals surface area contributed by atoms with Gasteiger partial charge in [0.15, 0.2) is 0 Å². The molecule has 16 heavy (non-hydrogen) atoms. The van der Waals surface area contributed by atoms with Crippen LogP contribution in [0.1, 0.15) is 53.9 Å². The van der Waals surface area contributed by atoms with E-state index in [4.69, 9.17) is 4.74 Å². The number of hydrogen-bond acceptors (Lipinski definition) is 2. The summed E-state index contributed by atoms with van der Waals surface area (Å²) in [6, 6.07) is 0.384. The minimum Gasteiger partial charge on any atom is -0.444 e. The molecule has 1 rings (SSSR count). The Labute approximate surface area is 99.1 Å². The molecule has 3 heteroatoms. The number of ether oxygens (including phenoxy) is 1. The Morgan fingerprint density at radius 2 is 2.06 bits per heavy atom. The molecule has 0 aliphatic carbocycles. The summed E-state index contributed by atoms with van der Waals surface area (Å²) in [7, 11) is 0. The molecule has 1 amide bonds. The first-order valence-corrected chi connectivity index (χ1v) is 6.29. The second-order valence-electron chi connectivity index (χ2n) is 6.10. The molecule has 0 aromatic heterocycles. The molecule has 0 saturated carbocycles. The van der Waals surface area contributed by atoms with E-state index in [0.29, 0.717) is 12.0 Å². The van der Waals surface area contributed by atoms with E-state index in [1.165, 1.54) is 0 Å². The highest BCUT2D eigenvalue weighted by Gasteiger charge is 2.32. The van der Waals surface area contributed by atoms with Crippen LogP contribution in [0.4, 0.5) is 4.79 Å². The van der Waals surface area contributed by atoms with Crippen LogP contribution in [0.2, 0.25) is 0 Å². The summed E-state index contributed by atoms with van der Waals surface area (Å²) in [5.41, 5.74) is -0.387. The third-order valence-corrected chi connectivity index (χ3v) is 2.75. The average molecular weight is 227 g/mol. The minimum absolute atomic E-state index is 0.143. The maximum Gasteiger partial charge on any atom is 0.410 e. The maximum absolute atomic E-state index is 12.0. The van der Waals surface area contributed by atoms with Crippen LogP contribution in [-0.4, -0.2) is 29.2 Å². The fourth-order valence-corrected chi connectivity index (χ4v) is 2.19. The number of carbonyl (C=O) groups is 1. The van der Waals surface area contributed by atoms with Gasteiger partial charge in [-0.2, -0.15) is 0 Å². The van der Waals surface area contributed by atoms with Crippen molar-refractivity contribution < 1.29 is 9.53 Å².